The molecular weight excluding hydrogens is 392 g/mol. The molecule has 1 atom stereocenters. The minimum absolute atomic E-state index is 0.448. The van der Waals surface area contributed by atoms with Gasteiger partial charge in [-0.15, -0.1) is 5.10 Å². The van der Waals surface area contributed by atoms with Gasteiger partial charge in [0.2, 0.25) is 0 Å². The smallest absolute Gasteiger partial charge is 0.180 e. The lowest BCUT2D eigenvalue weighted by Gasteiger charge is -2.30. The fourth-order valence-electron chi connectivity index (χ4n) is 3.59. The van der Waals surface area contributed by atoms with Crippen LogP contribution in [0.15, 0.2) is 64.8 Å². The Morgan fingerprint density at radius 3 is 2.83 bits per heavy atom. The molecule has 30 heavy (non-hydrogen) atoms. The summed E-state index contributed by atoms with van der Waals surface area (Å²) in [7, 11) is 0. The standard InChI is InChI=1S/C24H32N4OS/c1-20-9-7-14-28(18-20)15-8-16-29-23-13-6-5-12-22(23)17-26-27-24(25)30-19-21-10-3-2-4-11-21/h2-6,10-13,17,20H,7-9,14-16,18-19H2,1H3,(H2,25,27). The molecule has 1 saturated heterocycles. The van der Waals surface area contributed by atoms with E-state index in [4.69, 9.17) is 10.5 Å². The third-order valence-corrected chi connectivity index (χ3v) is 5.97. The number of para-hydroxylation sites is 1. The zero-order valence-electron chi connectivity index (χ0n) is 17.7. The molecule has 1 aliphatic heterocycles. The first-order valence-corrected chi connectivity index (χ1v) is 11.7. The molecule has 1 fully saturated rings. The summed E-state index contributed by atoms with van der Waals surface area (Å²) in [5.41, 5.74) is 8.09. The molecule has 0 bridgehead atoms. The van der Waals surface area contributed by atoms with Gasteiger partial charge in [0, 0.05) is 24.4 Å². The van der Waals surface area contributed by atoms with Gasteiger partial charge in [-0.2, -0.15) is 5.10 Å². The lowest BCUT2D eigenvalue weighted by Crippen LogP contribution is -2.35. The Labute approximate surface area is 184 Å². The molecule has 0 amide bonds. The molecule has 1 heterocycles. The first-order chi connectivity index (χ1) is 14.7. The van der Waals surface area contributed by atoms with Crippen molar-refractivity contribution in [2.24, 2.45) is 21.9 Å². The second-order valence-corrected chi connectivity index (χ2v) is 8.74. The van der Waals surface area contributed by atoms with Gasteiger partial charge >= 0.3 is 0 Å². The summed E-state index contributed by atoms with van der Waals surface area (Å²) in [6.45, 7) is 6.57. The number of nitrogens with two attached hydrogens (primary N) is 1. The third kappa shape index (κ3) is 7.84. The van der Waals surface area contributed by atoms with Crippen molar-refractivity contribution in [1.82, 2.24) is 4.90 Å². The van der Waals surface area contributed by atoms with Crippen LogP contribution in [0.3, 0.4) is 0 Å². The second kappa shape index (κ2) is 12.4. The summed E-state index contributed by atoms with van der Waals surface area (Å²) in [5.74, 6) is 2.43. The average molecular weight is 425 g/mol. The van der Waals surface area contributed by atoms with Crippen molar-refractivity contribution in [3.8, 4) is 5.75 Å². The zero-order chi connectivity index (χ0) is 21.0. The number of hydrogen-bond donors (Lipinski definition) is 1. The number of amidine groups is 1. The van der Waals surface area contributed by atoms with Gasteiger partial charge in [0.1, 0.15) is 5.75 Å². The predicted molar refractivity (Wildman–Crippen MR) is 128 cm³/mol. The minimum atomic E-state index is 0.448. The van der Waals surface area contributed by atoms with Gasteiger partial charge in [-0.05, 0) is 49.4 Å². The molecule has 1 aliphatic rings. The molecule has 0 saturated carbocycles. The molecule has 5 nitrogen and oxygen atoms in total. The highest BCUT2D eigenvalue weighted by molar-refractivity contribution is 8.13. The molecule has 0 aromatic heterocycles. The van der Waals surface area contributed by atoms with Crippen LogP contribution in [0, 0.1) is 5.92 Å². The Balaban J connectivity index is 1.44. The number of thioether (sulfide) groups is 1. The van der Waals surface area contributed by atoms with Gasteiger partial charge in [-0.25, -0.2) is 0 Å². The maximum Gasteiger partial charge on any atom is 0.180 e. The Kier molecular flexibility index (Phi) is 9.25. The van der Waals surface area contributed by atoms with Gasteiger partial charge in [0.05, 0.1) is 12.8 Å². The highest BCUT2D eigenvalue weighted by Crippen LogP contribution is 2.18. The van der Waals surface area contributed by atoms with Crippen molar-refractivity contribution in [3.63, 3.8) is 0 Å². The molecule has 1 unspecified atom stereocenters. The number of likely N-dealkylation sites (tertiary alicyclic amines) is 1. The highest BCUT2D eigenvalue weighted by atomic mass is 32.2. The summed E-state index contributed by atoms with van der Waals surface area (Å²) in [5, 5.41) is 8.71. The van der Waals surface area contributed by atoms with Crippen molar-refractivity contribution >= 4 is 23.1 Å². The molecule has 0 spiro atoms. The molecule has 6 heteroatoms. The van der Waals surface area contributed by atoms with Crippen molar-refractivity contribution in [1.29, 1.82) is 0 Å². The zero-order valence-corrected chi connectivity index (χ0v) is 18.6. The first-order valence-electron chi connectivity index (χ1n) is 10.7. The summed E-state index contributed by atoms with van der Waals surface area (Å²) in [4.78, 5) is 2.55. The quantitative estimate of drug-likeness (QED) is 0.273. The van der Waals surface area contributed by atoms with E-state index in [1.54, 1.807) is 6.21 Å². The largest absolute Gasteiger partial charge is 0.493 e. The van der Waals surface area contributed by atoms with Crippen LogP contribution in [0.5, 0.6) is 5.75 Å². The lowest BCUT2D eigenvalue weighted by atomic mass is 10.0. The van der Waals surface area contributed by atoms with E-state index in [1.165, 1.54) is 43.3 Å². The van der Waals surface area contributed by atoms with Crippen LogP contribution < -0.4 is 10.5 Å². The number of hydrogen-bond acceptors (Lipinski definition) is 5. The van der Waals surface area contributed by atoms with E-state index >= 15 is 0 Å². The summed E-state index contributed by atoms with van der Waals surface area (Å²) >= 11 is 1.48. The van der Waals surface area contributed by atoms with Crippen LogP contribution in [-0.4, -0.2) is 42.5 Å². The molecule has 0 aliphatic carbocycles. The van der Waals surface area contributed by atoms with Gasteiger partial charge < -0.3 is 15.4 Å². The average Bonchev–Trinajstić information content (AvgIpc) is 2.77. The Hall–Kier alpha value is -2.31. The third-order valence-electron chi connectivity index (χ3n) is 5.12. The van der Waals surface area contributed by atoms with E-state index < -0.39 is 0 Å². The van der Waals surface area contributed by atoms with Crippen molar-refractivity contribution in [2.75, 3.05) is 26.2 Å². The lowest BCUT2D eigenvalue weighted by molar-refractivity contribution is 0.170. The van der Waals surface area contributed by atoms with Gasteiger partial charge in [0.15, 0.2) is 5.17 Å². The van der Waals surface area contributed by atoms with Crippen LogP contribution in [0.1, 0.15) is 37.3 Å². The van der Waals surface area contributed by atoms with Crippen LogP contribution >= 0.6 is 11.8 Å². The number of ether oxygens (including phenoxy) is 1. The number of nitrogens with zero attached hydrogens (tertiary/aromatic N) is 3. The van der Waals surface area contributed by atoms with Crippen LogP contribution in [-0.2, 0) is 5.75 Å². The van der Waals surface area contributed by atoms with E-state index in [0.717, 1.165) is 35.9 Å². The number of rotatable bonds is 9. The van der Waals surface area contributed by atoms with Crippen LogP contribution in [0.2, 0.25) is 0 Å². The summed E-state index contributed by atoms with van der Waals surface area (Å²) in [6.07, 6.45) is 5.41. The topological polar surface area (TPSA) is 63.2 Å². The molecule has 2 N–H and O–H groups in total. The Bertz CT molecular complexity index is 825. The van der Waals surface area contributed by atoms with E-state index in [-0.39, 0.29) is 0 Å². The Morgan fingerprint density at radius 1 is 1.20 bits per heavy atom. The molecule has 3 rings (SSSR count). The van der Waals surface area contributed by atoms with Crippen LogP contribution in [0.25, 0.3) is 0 Å². The van der Waals surface area contributed by atoms with Crippen LogP contribution in [0.4, 0.5) is 0 Å². The second-order valence-electron chi connectivity index (χ2n) is 7.74. The normalized spacial score (nSPS) is 18.0. The Morgan fingerprint density at radius 2 is 2.00 bits per heavy atom. The minimum Gasteiger partial charge on any atom is -0.493 e. The first kappa shape index (κ1) is 22.4. The molecular formula is C24H32N4OS. The van der Waals surface area contributed by atoms with E-state index in [1.807, 2.05) is 42.5 Å². The fraction of sp³-hybridized carbons (Fsp3) is 0.417. The van der Waals surface area contributed by atoms with E-state index in [2.05, 4.69) is 34.2 Å². The molecule has 0 radical (unpaired) electrons. The SMILES string of the molecule is CC1CCCN(CCCOc2ccccc2C=NN=C(N)SCc2ccccc2)C1. The van der Waals surface area contributed by atoms with Crippen molar-refractivity contribution in [2.45, 2.75) is 31.9 Å². The van der Waals surface area contributed by atoms with E-state index in [9.17, 15) is 0 Å². The van der Waals surface area contributed by atoms with Crippen molar-refractivity contribution in [3.05, 3.63) is 65.7 Å². The van der Waals surface area contributed by atoms with Gasteiger partial charge in [-0.1, -0.05) is 61.2 Å². The molecule has 160 valence electrons. The summed E-state index contributed by atoms with van der Waals surface area (Å²) in [6, 6.07) is 18.1. The predicted octanol–water partition coefficient (Wildman–Crippen LogP) is 4.77. The van der Waals surface area contributed by atoms with Gasteiger partial charge in [0.25, 0.3) is 0 Å². The highest BCUT2D eigenvalue weighted by Gasteiger charge is 2.15. The molecule has 2 aromatic rings. The maximum atomic E-state index is 6.02. The monoisotopic (exact) mass is 424 g/mol. The number of benzene rings is 2. The van der Waals surface area contributed by atoms with Gasteiger partial charge in [-0.3, -0.25) is 0 Å². The maximum absolute atomic E-state index is 6.02. The fourth-order valence-corrected chi connectivity index (χ4v) is 4.20. The van der Waals surface area contributed by atoms with Crippen molar-refractivity contribution < 1.29 is 4.74 Å². The van der Waals surface area contributed by atoms with E-state index in [0.29, 0.717) is 11.8 Å². The number of piperidine rings is 1. The summed E-state index contributed by atoms with van der Waals surface area (Å²) < 4.78 is 6.02. The molecule has 2 aromatic carbocycles.